The molecule has 2 heterocycles. The topological polar surface area (TPSA) is 68.5 Å². The van der Waals surface area contributed by atoms with Crippen LogP contribution in [0.1, 0.15) is 19.3 Å². The van der Waals surface area contributed by atoms with Gasteiger partial charge in [-0.3, -0.25) is 4.79 Å². The van der Waals surface area contributed by atoms with Gasteiger partial charge in [0.05, 0.1) is 12.5 Å². The van der Waals surface area contributed by atoms with Crippen LogP contribution in [0.25, 0.3) is 11.5 Å². The van der Waals surface area contributed by atoms with Crippen LogP contribution in [-0.4, -0.2) is 36.3 Å². The number of carbonyl (C=O) groups is 1. The molecule has 0 bridgehead atoms. The number of hydrogen-bond donors (Lipinski definition) is 0. The Morgan fingerprint density at radius 2 is 2.22 bits per heavy atom. The Morgan fingerprint density at radius 1 is 1.39 bits per heavy atom. The van der Waals surface area contributed by atoms with Gasteiger partial charge in [0.25, 0.3) is 11.8 Å². The monoisotopic (exact) mass is 313 g/mol. The predicted molar refractivity (Wildman–Crippen MR) is 83.7 cm³/mol. The molecule has 2 fully saturated rings. The Bertz CT molecular complexity index is 715. The molecule has 2 atom stereocenters. The van der Waals surface area contributed by atoms with Crippen molar-refractivity contribution in [2.45, 2.75) is 19.3 Å². The molecular formula is C17H19N3O3. The minimum Gasteiger partial charge on any atom is -0.469 e. The minimum atomic E-state index is -0.401. The number of methoxy groups -OCH3 is 1. The van der Waals surface area contributed by atoms with Gasteiger partial charge < -0.3 is 14.2 Å². The van der Waals surface area contributed by atoms with E-state index in [1.807, 2.05) is 30.3 Å². The van der Waals surface area contributed by atoms with Crippen LogP contribution in [0.4, 0.5) is 5.95 Å². The highest BCUT2D eigenvalue weighted by molar-refractivity contribution is 5.79. The largest absolute Gasteiger partial charge is 0.469 e. The second-order valence-electron chi connectivity index (χ2n) is 6.38. The first-order valence-corrected chi connectivity index (χ1v) is 7.95. The van der Waals surface area contributed by atoms with Crippen LogP contribution < -0.4 is 4.90 Å². The first kappa shape index (κ1) is 14.2. The van der Waals surface area contributed by atoms with Crippen LogP contribution in [0.15, 0.2) is 34.9 Å². The number of esters is 1. The molecular weight excluding hydrogens is 294 g/mol. The summed E-state index contributed by atoms with van der Waals surface area (Å²) in [7, 11) is 1.47. The van der Waals surface area contributed by atoms with E-state index in [9.17, 15) is 4.79 Å². The number of nitrogens with zero attached hydrogens (tertiary/aromatic N) is 3. The molecule has 1 aromatic carbocycles. The molecule has 120 valence electrons. The van der Waals surface area contributed by atoms with Crippen molar-refractivity contribution in [3.63, 3.8) is 0 Å². The molecule has 0 N–H and O–H groups in total. The van der Waals surface area contributed by atoms with Crippen LogP contribution in [-0.2, 0) is 9.53 Å². The molecule has 2 aromatic rings. The number of hydrogen-bond acceptors (Lipinski definition) is 6. The van der Waals surface area contributed by atoms with Gasteiger partial charge in [0.15, 0.2) is 0 Å². The molecule has 0 unspecified atom stereocenters. The highest BCUT2D eigenvalue weighted by Gasteiger charge is 2.56. The molecule has 1 aliphatic heterocycles. The van der Waals surface area contributed by atoms with Crippen LogP contribution in [0.3, 0.4) is 0 Å². The van der Waals surface area contributed by atoms with E-state index in [0.717, 1.165) is 31.4 Å². The third-order valence-corrected chi connectivity index (χ3v) is 5.18. The lowest BCUT2D eigenvalue weighted by Gasteiger charge is -2.24. The quantitative estimate of drug-likeness (QED) is 0.811. The zero-order valence-corrected chi connectivity index (χ0v) is 13.1. The van der Waals surface area contributed by atoms with E-state index in [-0.39, 0.29) is 5.97 Å². The Hall–Kier alpha value is -2.37. The van der Waals surface area contributed by atoms with Gasteiger partial charge in [-0.05, 0) is 36.0 Å². The number of fused-ring (bicyclic) bond motifs is 1. The molecule has 0 amide bonds. The van der Waals surface area contributed by atoms with E-state index < -0.39 is 5.41 Å². The van der Waals surface area contributed by atoms with Gasteiger partial charge in [0.1, 0.15) is 0 Å². The normalized spacial score (nSPS) is 26.3. The Balaban J connectivity index is 1.59. The number of rotatable bonds is 3. The van der Waals surface area contributed by atoms with Gasteiger partial charge in [-0.25, -0.2) is 0 Å². The standard InChI is InChI=1S/C17H19N3O3/c1-22-15(21)17-9-5-8-13(17)10-20(11-17)16-18-14(23-19-16)12-6-3-2-4-7-12/h2-4,6-7,13H,5,8-11H2,1H3/t13-,17+/m0/s1. The molecule has 2 aliphatic rings. The summed E-state index contributed by atoms with van der Waals surface area (Å²) < 4.78 is 10.5. The van der Waals surface area contributed by atoms with E-state index in [2.05, 4.69) is 15.0 Å². The van der Waals surface area contributed by atoms with Crippen LogP contribution in [0.5, 0.6) is 0 Å². The third kappa shape index (κ3) is 2.20. The summed E-state index contributed by atoms with van der Waals surface area (Å²) in [6.07, 6.45) is 3.01. The summed E-state index contributed by atoms with van der Waals surface area (Å²) in [6.45, 7) is 1.39. The van der Waals surface area contributed by atoms with E-state index >= 15 is 0 Å². The van der Waals surface area contributed by atoms with Crippen LogP contribution in [0, 0.1) is 11.3 Å². The lowest BCUT2D eigenvalue weighted by molar-refractivity contribution is -0.152. The van der Waals surface area contributed by atoms with Crippen molar-refractivity contribution in [2.75, 3.05) is 25.1 Å². The second kappa shape index (κ2) is 5.37. The molecule has 1 aromatic heterocycles. The first-order chi connectivity index (χ1) is 11.2. The summed E-state index contributed by atoms with van der Waals surface area (Å²) in [5.74, 6) is 1.27. The average Bonchev–Trinajstić information content (AvgIpc) is 3.28. The fraction of sp³-hybridized carbons (Fsp3) is 0.471. The fourth-order valence-corrected chi connectivity index (χ4v) is 4.02. The molecule has 0 radical (unpaired) electrons. The second-order valence-corrected chi connectivity index (χ2v) is 6.38. The van der Waals surface area contributed by atoms with Gasteiger partial charge in [0, 0.05) is 18.7 Å². The molecule has 1 aliphatic carbocycles. The van der Waals surface area contributed by atoms with Gasteiger partial charge in [-0.15, -0.1) is 0 Å². The Labute approximate surface area is 134 Å². The summed E-state index contributed by atoms with van der Waals surface area (Å²) in [5, 5.41) is 4.11. The lowest BCUT2D eigenvalue weighted by atomic mass is 9.81. The maximum Gasteiger partial charge on any atom is 0.313 e. The lowest BCUT2D eigenvalue weighted by Crippen LogP contribution is -2.37. The predicted octanol–water partition coefficient (Wildman–Crippen LogP) is 2.52. The van der Waals surface area contributed by atoms with Crippen molar-refractivity contribution in [1.29, 1.82) is 0 Å². The number of benzene rings is 1. The maximum absolute atomic E-state index is 12.3. The number of aromatic nitrogens is 2. The van der Waals surface area contributed by atoms with Gasteiger partial charge in [-0.1, -0.05) is 24.6 Å². The fourth-order valence-electron chi connectivity index (χ4n) is 4.02. The van der Waals surface area contributed by atoms with Crippen molar-refractivity contribution >= 4 is 11.9 Å². The summed E-state index contributed by atoms with van der Waals surface area (Å²) in [6, 6.07) is 9.69. The smallest absolute Gasteiger partial charge is 0.313 e. The molecule has 0 spiro atoms. The number of ether oxygens (including phenoxy) is 1. The van der Waals surface area contributed by atoms with Crippen LogP contribution >= 0.6 is 0 Å². The Morgan fingerprint density at radius 3 is 3.00 bits per heavy atom. The van der Waals surface area contributed by atoms with E-state index in [1.54, 1.807) is 0 Å². The molecule has 23 heavy (non-hydrogen) atoms. The number of carbonyl (C=O) groups excluding carboxylic acids is 1. The zero-order chi connectivity index (χ0) is 15.9. The van der Waals surface area contributed by atoms with Gasteiger partial charge in [-0.2, -0.15) is 4.98 Å². The third-order valence-electron chi connectivity index (χ3n) is 5.18. The Kier molecular flexibility index (Phi) is 3.32. The minimum absolute atomic E-state index is 0.103. The molecule has 4 rings (SSSR count). The van der Waals surface area contributed by atoms with E-state index in [4.69, 9.17) is 9.26 Å². The molecule has 6 nitrogen and oxygen atoms in total. The van der Waals surface area contributed by atoms with Crippen molar-refractivity contribution in [3.8, 4) is 11.5 Å². The first-order valence-electron chi connectivity index (χ1n) is 7.95. The molecule has 1 saturated carbocycles. The molecule has 1 saturated heterocycles. The summed E-state index contributed by atoms with van der Waals surface area (Å²) in [5.41, 5.74) is 0.496. The van der Waals surface area contributed by atoms with Crippen molar-refractivity contribution in [2.24, 2.45) is 11.3 Å². The zero-order valence-electron chi connectivity index (χ0n) is 13.1. The van der Waals surface area contributed by atoms with Crippen molar-refractivity contribution in [3.05, 3.63) is 30.3 Å². The van der Waals surface area contributed by atoms with Gasteiger partial charge in [0.2, 0.25) is 0 Å². The summed E-state index contributed by atoms with van der Waals surface area (Å²) in [4.78, 5) is 18.9. The number of anilines is 1. The van der Waals surface area contributed by atoms with Crippen LogP contribution in [0.2, 0.25) is 0 Å². The highest BCUT2D eigenvalue weighted by Crippen LogP contribution is 2.50. The summed E-state index contributed by atoms with van der Waals surface area (Å²) >= 11 is 0. The highest BCUT2D eigenvalue weighted by atomic mass is 16.5. The molecule has 6 heteroatoms. The SMILES string of the molecule is COC(=O)[C@@]12CCC[C@H]1CN(c1noc(-c3ccccc3)n1)C2. The maximum atomic E-state index is 12.3. The van der Waals surface area contributed by atoms with E-state index in [1.165, 1.54) is 7.11 Å². The van der Waals surface area contributed by atoms with Crippen molar-refractivity contribution < 1.29 is 14.1 Å². The van der Waals surface area contributed by atoms with E-state index in [0.29, 0.717) is 24.3 Å². The van der Waals surface area contributed by atoms with Gasteiger partial charge >= 0.3 is 5.97 Å². The van der Waals surface area contributed by atoms with Crippen molar-refractivity contribution in [1.82, 2.24) is 10.1 Å². The average molecular weight is 313 g/mol.